The molecule has 1 saturated heterocycles. The molecule has 0 amide bonds. The zero-order valence-electron chi connectivity index (χ0n) is 12.2. The van der Waals surface area contributed by atoms with Crippen LogP contribution in [0.5, 0.6) is 0 Å². The van der Waals surface area contributed by atoms with Gasteiger partial charge in [0.1, 0.15) is 0 Å². The molecule has 1 heterocycles. The molecule has 3 heteroatoms. The van der Waals surface area contributed by atoms with Crippen LogP contribution in [0.25, 0.3) is 0 Å². The van der Waals surface area contributed by atoms with Gasteiger partial charge in [0.15, 0.2) is 0 Å². The zero-order chi connectivity index (χ0) is 14.2. The summed E-state index contributed by atoms with van der Waals surface area (Å²) in [5.41, 5.74) is 2.68. The van der Waals surface area contributed by atoms with E-state index in [0.717, 1.165) is 30.8 Å². The Morgan fingerprint density at radius 2 is 2.05 bits per heavy atom. The van der Waals surface area contributed by atoms with E-state index >= 15 is 0 Å². The number of hydrogen-bond acceptors (Lipinski definition) is 2. The summed E-state index contributed by atoms with van der Waals surface area (Å²) in [6.45, 7) is 10.7. The van der Waals surface area contributed by atoms with Gasteiger partial charge >= 0.3 is 5.97 Å². The summed E-state index contributed by atoms with van der Waals surface area (Å²) in [6, 6.07) is 5.58. The number of nitrogens with zero attached hydrogens (tertiary/aromatic N) is 1. The highest BCUT2D eigenvalue weighted by atomic mass is 16.4. The summed E-state index contributed by atoms with van der Waals surface area (Å²) in [7, 11) is 0. The van der Waals surface area contributed by atoms with Crippen LogP contribution in [0.1, 0.15) is 43.1 Å². The fraction of sp³-hybridized carbons (Fsp3) is 0.562. The topological polar surface area (TPSA) is 40.5 Å². The maximum absolute atomic E-state index is 11.3. The Hall–Kier alpha value is -1.51. The SMILES string of the molecule is Cc1ccc(C(=O)O)c(N2CCC(C(C)(C)C)C2)c1. The second-order valence-electron chi connectivity index (χ2n) is 6.62. The van der Waals surface area contributed by atoms with Gasteiger partial charge in [-0.05, 0) is 42.4 Å². The summed E-state index contributed by atoms with van der Waals surface area (Å²) < 4.78 is 0. The number of carbonyl (C=O) groups is 1. The second kappa shape index (κ2) is 4.87. The molecule has 104 valence electrons. The first-order valence-corrected chi connectivity index (χ1v) is 6.88. The van der Waals surface area contributed by atoms with Crippen molar-refractivity contribution in [1.82, 2.24) is 0 Å². The van der Waals surface area contributed by atoms with Crippen LogP contribution in [-0.4, -0.2) is 24.2 Å². The lowest BCUT2D eigenvalue weighted by molar-refractivity contribution is 0.0697. The van der Waals surface area contributed by atoms with E-state index in [4.69, 9.17) is 0 Å². The number of carboxylic acids is 1. The van der Waals surface area contributed by atoms with Crippen molar-refractivity contribution in [2.24, 2.45) is 11.3 Å². The van der Waals surface area contributed by atoms with Crippen LogP contribution in [0.15, 0.2) is 18.2 Å². The number of benzene rings is 1. The van der Waals surface area contributed by atoms with Gasteiger partial charge in [0.2, 0.25) is 0 Å². The van der Waals surface area contributed by atoms with Crippen molar-refractivity contribution >= 4 is 11.7 Å². The van der Waals surface area contributed by atoms with Crippen LogP contribution < -0.4 is 4.90 Å². The molecule has 0 saturated carbocycles. The third-order valence-corrected chi connectivity index (χ3v) is 4.14. The third kappa shape index (κ3) is 2.91. The van der Waals surface area contributed by atoms with Crippen molar-refractivity contribution in [3.8, 4) is 0 Å². The quantitative estimate of drug-likeness (QED) is 0.884. The van der Waals surface area contributed by atoms with E-state index in [1.807, 2.05) is 19.1 Å². The molecule has 1 fully saturated rings. The van der Waals surface area contributed by atoms with Gasteiger partial charge in [-0.1, -0.05) is 26.8 Å². The van der Waals surface area contributed by atoms with Gasteiger partial charge in [-0.3, -0.25) is 0 Å². The minimum Gasteiger partial charge on any atom is -0.478 e. The summed E-state index contributed by atoms with van der Waals surface area (Å²) in [5.74, 6) is -0.219. The third-order valence-electron chi connectivity index (χ3n) is 4.14. The lowest BCUT2D eigenvalue weighted by atomic mass is 9.80. The average molecular weight is 261 g/mol. The molecule has 0 spiro atoms. The number of rotatable bonds is 2. The van der Waals surface area contributed by atoms with Crippen LogP contribution in [0.4, 0.5) is 5.69 Å². The van der Waals surface area contributed by atoms with Gasteiger partial charge in [0, 0.05) is 13.1 Å². The molecular weight excluding hydrogens is 238 g/mol. The summed E-state index contributed by atoms with van der Waals surface area (Å²) >= 11 is 0. The molecule has 0 radical (unpaired) electrons. The summed E-state index contributed by atoms with van der Waals surface area (Å²) in [6.07, 6.45) is 1.14. The van der Waals surface area contributed by atoms with Crippen molar-refractivity contribution in [3.63, 3.8) is 0 Å². The molecule has 0 aromatic heterocycles. The smallest absolute Gasteiger partial charge is 0.337 e. The Bertz CT molecular complexity index is 488. The minimum atomic E-state index is -0.839. The number of carboxylic acid groups (broad SMARTS) is 1. The standard InChI is InChI=1S/C16H23NO2/c1-11-5-6-13(15(18)19)14(9-11)17-8-7-12(10-17)16(2,3)4/h5-6,9,12H,7-8,10H2,1-4H3,(H,18,19). The van der Waals surface area contributed by atoms with E-state index < -0.39 is 5.97 Å². The number of anilines is 1. The van der Waals surface area contributed by atoms with Crippen molar-refractivity contribution in [2.75, 3.05) is 18.0 Å². The van der Waals surface area contributed by atoms with E-state index in [-0.39, 0.29) is 5.41 Å². The van der Waals surface area contributed by atoms with Crippen LogP contribution in [0.3, 0.4) is 0 Å². The Kier molecular flexibility index (Phi) is 3.57. The molecule has 19 heavy (non-hydrogen) atoms. The molecule has 2 rings (SSSR count). The monoisotopic (exact) mass is 261 g/mol. The van der Waals surface area contributed by atoms with Gasteiger partial charge in [-0.25, -0.2) is 4.79 Å². The fourth-order valence-electron chi connectivity index (χ4n) is 2.77. The highest BCUT2D eigenvalue weighted by Crippen LogP contribution is 2.36. The van der Waals surface area contributed by atoms with E-state index in [0.29, 0.717) is 11.5 Å². The lowest BCUT2D eigenvalue weighted by Gasteiger charge is -2.28. The molecule has 1 aromatic carbocycles. The van der Waals surface area contributed by atoms with E-state index in [2.05, 4.69) is 25.7 Å². The summed E-state index contributed by atoms with van der Waals surface area (Å²) in [5, 5.41) is 9.32. The molecule has 1 aromatic rings. The maximum atomic E-state index is 11.3. The Morgan fingerprint density at radius 1 is 1.37 bits per heavy atom. The predicted molar refractivity (Wildman–Crippen MR) is 77.9 cm³/mol. The molecule has 1 aliphatic rings. The first-order chi connectivity index (χ1) is 8.79. The molecule has 1 aliphatic heterocycles. The fourth-order valence-corrected chi connectivity index (χ4v) is 2.77. The largest absolute Gasteiger partial charge is 0.478 e. The Labute approximate surface area is 115 Å². The Morgan fingerprint density at radius 3 is 2.58 bits per heavy atom. The normalized spacial score (nSPS) is 19.8. The Balaban J connectivity index is 2.28. The second-order valence-corrected chi connectivity index (χ2v) is 6.62. The first kappa shape index (κ1) is 13.9. The van der Waals surface area contributed by atoms with E-state index in [1.54, 1.807) is 6.07 Å². The number of aromatic carboxylic acids is 1. The molecule has 1 atom stereocenters. The van der Waals surface area contributed by atoms with Gasteiger partial charge in [-0.2, -0.15) is 0 Å². The molecule has 0 aliphatic carbocycles. The first-order valence-electron chi connectivity index (χ1n) is 6.88. The van der Waals surface area contributed by atoms with Gasteiger partial charge in [0.05, 0.1) is 11.3 Å². The van der Waals surface area contributed by atoms with Crippen molar-refractivity contribution in [2.45, 2.75) is 34.1 Å². The van der Waals surface area contributed by atoms with Crippen molar-refractivity contribution in [3.05, 3.63) is 29.3 Å². The summed E-state index contributed by atoms with van der Waals surface area (Å²) in [4.78, 5) is 13.6. The lowest BCUT2D eigenvalue weighted by Crippen LogP contribution is -2.27. The van der Waals surface area contributed by atoms with Crippen LogP contribution in [0.2, 0.25) is 0 Å². The zero-order valence-corrected chi connectivity index (χ0v) is 12.2. The number of aryl methyl sites for hydroxylation is 1. The highest BCUT2D eigenvalue weighted by molar-refractivity contribution is 5.94. The van der Waals surface area contributed by atoms with E-state index in [1.165, 1.54) is 0 Å². The predicted octanol–water partition coefficient (Wildman–Crippen LogP) is 3.57. The van der Waals surface area contributed by atoms with Gasteiger partial charge in [-0.15, -0.1) is 0 Å². The van der Waals surface area contributed by atoms with Crippen LogP contribution >= 0.6 is 0 Å². The number of hydrogen-bond donors (Lipinski definition) is 1. The van der Waals surface area contributed by atoms with Crippen molar-refractivity contribution in [1.29, 1.82) is 0 Å². The molecule has 1 N–H and O–H groups in total. The average Bonchev–Trinajstić information content (AvgIpc) is 2.77. The van der Waals surface area contributed by atoms with E-state index in [9.17, 15) is 9.90 Å². The van der Waals surface area contributed by atoms with Gasteiger partial charge in [0.25, 0.3) is 0 Å². The maximum Gasteiger partial charge on any atom is 0.337 e. The molecule has 1 unspecified atom stereocenters. The van der Waals surface area contributed by atoms with Crippen molar-refractivity contribution < 1.29 is 9.90 Å². The minimum absolute atomic E-state index is 0.280. The molecule has 3 nitrogen and oxygen atoms in total. The molecular formula is C16H23NO2. The highest BCUT2D eigenvalue weighted by Gasteiger charge is 2.33. The molecule has 0 bridgehead atoms. The van der Waals surface area contributed by atoms with Gasteiger partial charge < -0.3 is 10.0 Å². The van der Waals surface area contributed by atoms with Crippen LogP contribution in [0, 0.1) is 18.3 Å². The van der Waals surface area contributed by atoms with Crippen LogP contribution in [-0.2, 0) is 0 Å².